The molecule has 0 radical (unpaired) electrons. The van der Waals surface area contributed by atoms with Crippen molar-refractivity contribution in [3.8, 4) is 0 Å². The van der Waals surface area contributed by atoms with Gasteiger partial charge in [0.25, 0.3) is 0 Å². The van der Waals surface area contributed by atoms with E-state index in [0.29, 0.717) is 6.04 Å². The lowest BCUT2D eigenvalue weighted by molar-refractivity contribution is -0.137. The lowest BCUT2D eigenvalue weighted by Gasteiger charge is -2.35. The summed E-state index contributed by atoms with van der Waals surface area (Å²) in [5, 5.41) is 2.93. The van der Waals surface area contributed by atoms with Crippen LogP contribution in [0.25, 0.3) is 0 Å². The summed E-state index contributed by atoms with van der Waals surface area (Å²) in [5.74, 6) is -0.0232. The van der Waals surface area contributed by atoms with Gasteiger partial charge in [0, 0.05) is 23.2 Å². The quantitative estimate of drug-likeness (QED) is 0.756. The van der Waals surface area contributed by atoms with E-state index in [1.54, 1.807) is 0 Å². The molecule has 0 heterocycles. The van der Waals surface area contributed by atoms with Crippen molar-refractivity contribution in [1.82, 2.24) is 9.80 Å². The molecule has 1 aliphatic carbocycles. The zero-order valence-electron chi connectivity index (χ0n) is 16.2. The molecule has 1 aromatic rings. The van der Waals surface area contributed by atoms with Gasteiger partial charge in [-0.25, -0.2) is 0 Å². The van der Waals surface area contributed by atoms with Crippen molar-refractivity contribution in [2.24, 2.45) is 0 Å². The average molecular weight is 424 g/mol. The second-order valence-electron chi connectivity index (χ2n) is 7.34. The van der Waals surface area contributed by atoms with Gasteiger partial charge in [-0.2, -0.15) is 0 Å². The van der Waals surface area contributed by atoms with Crippen molar-refractivity contribution in [3.63, 3.8) is 0 Å². The lowest BCUT2D eigenvalue weighted by atomic mass is 9.94. The number of hydrogen-bond acceptors (Lipinski definition) is 3. The second kappa shape index (κ2) is 9.51. The second-order valence-corrected chi connectivity index (χ2v) is 8.26. The molecule has 5 nitrogen and oxygen atoms in total. The SMILES string of the molecule is Cc1cc(Br)ccc1NC(=O)CN(C)[C@H](C)C(=O)N(C)C1CCCCC1. The number of carbonyl (C=O) groups excluding carboxylic acids is 2. The zero-order chi connectivity index (χ0) is 19.3. The minimum absolute atomic E-state index is 0.0898. The van der Waals surface area contributed by atoms with E-state index >= 15 is 0 Å². The van der Waals surface area contributed by atoms with Crippen LogP contribution in [-0.2, 0) is 9.59 Å². The van der Waals surface area contributed by atoms with Crippen LogP contribution >= 0.6 is 15.9 Å². The van der Waals surface area contributed by atoms with Crippen LogP contribution in [0.5, 0.6) is 0 Å². The number of nitrogens with one attached hydrogen (secondary N) is 1. The first-order valence-electron chi connectivity index (χ1n) is 9.32. The lowest BCUT2D eigenvalue weighted by Crippen LogP contribution is -2.49. The Bertz CT molecular complexity index is 644. The van der Waals surface area contributed by atoms with Gasteiger partial charge < -0.3 is 10.2 Å². The summed E-state index contributed by atoms with van der Waals surface area (Å²) >= 11 is 3.42. The Morgan fingerprint density at radius 1 is 1.23 bits per heavy atom. The summed E-state index contributed by atoms with van der Waals surface area (Å²) in [4.78, 5) is 28.8. The summed E-state index contributed by atoms with van der Waals surface area (Å²) in [7, 11) is 3.72. The third-order valence-electron chi connectivity index (χ3n) is 5.34. The number of amides is 2. The number of halogens is 1. The molecule has 0 saturated heterocycles. The standard InChI is InChI=1S/C20H30BrN3O2/c1-14-12-16(21)10-11-18(14)22-19(25)13-23(3)15(2)20(26)24(4)17-8-6-5-7-9-17/h10-12,15,17H,5-9,13H2,1-4H3,(H,22,25)/t15-/m1/s1. The van der Waals surface area contributed by atoms with Gasteiger partial charge in [0.05, 0.1) is 12.6 Å². The van der Waals surface area contributed by atoms with E-state index in [4.69, 9.17) is 0 Å². The van der Waals surface area contributed by atoms with Crippen molar-refractivity contribution in [2.75, 3.05) is 26.0 Å². The first-order chi connectivity index (χ1) is 12.3. The number of likely N-dealkylation sites (N-methyl/N-ethyl adjacent to an activating group) is 2. The van der Waals surface area contributed by atoms with Crippen molar-refractivity contribution >= 4 is 33.4 Å². The highest BCUT2D eigenvalue weighted by Crippen LogP contribution is 2.23. The summed E-state index contributed by atoms with van der Waals surface area (Å²) in [6, 6.07) is 5.76. The highest BCUT2D eigenvalue weighted by molar-refractivity contribution is 9.10. The molecule has 0 bridgehead atoms. The highest BCUT2D eigenvalue weighted by atomic mass is 79.9. The fourth-order valence-corrected chi connectivity index (χ4v) is 3.93. The van der Waals surface area contributed by atoms with Crippen LogP contribution in [0.15, 0.2) is 22.7 Å². The normalized spacial score (nSPS) is 16.4. The maximum atomic E-state index is 12.8. The predicted molar refractivity (Wildman–Crippen MR) is 109 cm³/mol. The molecule has 1 aliphatic rings. The van der Waals surface area contributed by atoms with Crippen molar-refractivity contribution in [1.29, 1.82) is 0 Å². The van der Waals surface area contributed by atoms with E-state index in [-0.39, 0.29) is 24.4 Å². The molecular formula is C20H30BrN3O2. The van der Waals surface area contributed by atoms with Crippen LogP contribution in [0.1, 0.15) is 44.6 Å². The number of nitrogens with zero attached hydrogens (tertiary/aromatic N) is 2. The van der Waals surface area contributed by atoms with Crippen LogP contribution < -0.4 is 5.32 Å². The maximum Gasteiger partial charge on any atom is 0.239 e. The molecule has 0 aliphatic heterocycles. The van der Waals surface area contributed by atoms with Gasteiger partial charge in [-0.3, -0.25) is 14.5 Å². The first-order valence-corrected chi connectivity index (χ1v) is 10.1. The van der Waals surface area contributed by atoms with Gasteiger partial charge >= 0.3 is 0 Å². The Kier molecular flexibility index (Phi) is 7.65. The van der Waals surface area contributed by atoms with E-state index in [1.165, 1.54) is 19.3 Å². The van der Waals surface area contributed by atoms with Gasteiger partial charge in [0.1, 0.15) is 0 Å². The van der Waals surface area contributed by atoms with Crippen molar-refractivity contribution < 1.29 is 9.59 Å². The summed E-state index contributed by atoms with van der Waals surface area (Å²) in [6.45, 7) is 4.01. The maximum absolute atomic E-state index is 12.8. The molecule has 0 spiro atoms. The molecule has 1 aromatic carbocycles. The highest BCUT2D eigenvalue weighted by Gasteiger charge is 2.28. The first kappa shape index (κ1) is 20.9. The number of aryl methyl sites for hydroxylation is 1. The van der Waals surface area contributed by atoms with E-state index in [2.05, 4.69) is 21.2 Å². The number of hydrogen-bond donors (Lipinski definition) is 1. The Labute approximate surface area is 165 Å². The summed E-state index contributed by atoms with van der Waals surface area (Å²) in [5.41, 5.74) is 1.79. The largest absolute Gasteiger partial charge is 0.341 e. The third kappa shape index (κ3) is 5.55. The molecule has 0 aromatic heterocycles. The topological polar surface area (TPSA) is 52.7 Å². The minimum atomic E-state index is -0.321. The number of benzene rings is 1. The van der Waals surface area contributed by atoms with Crippen LogP contribution in [-0.4, -0.2) is 54.3 Å². The Balaban J connectivity index is 1.89. The van der Waals surface area contributed by atoms with Gasteiger partial charge in [-0.05, 0) is 57.5 Å². The molecule has 1 N–H and O–H groups in total. The predicted octanol–water partition coefficient (Wildman–Crippen LogP) is 3.81. The number of carbonyl (C=O) groups is 2. The molecule has 2 rings (SSSR count). The molecule has 144 valence electrons. The fraction of sp³-hybridized carbons (Fsp3) is 0.600. The summed E-state index contributed by atoms with van der Waals surface area (Å²) < 4.78 is 0.982. The molecule has 1 saturated carbocycles. The Hall–Kier alpha value is -1.40. The number of rotatable bonds is 6. The molecule has 26 heavy (non-hydrogen) atoms. The van der Waals surface area contributed by atoms with Crippen LogP contribution in [0.4, 0.5) is 5.69 Å². The van der Waals surface area contributed by atoms with E-state index in [0.717, 1.165) is 28.6 Å². The average Bonchev–Trinajstić information content (AvgIpc) is 2.62. The monoisotopic (exact) mass is 423 g/mol. The van der Waals surface area contributed by atoms with Crippen LogP contribution in [0.3, 0.4) is 0 Å². The molecule has 1 atom stereocenters. The Morgan fingerprint density at radius 2 is 1.88 bits per heavy atom. The van der Waals surface area contributed by atoms with E-state index in [9.17, 15) is 9.59 Å². The smallest absolute Gasteiger partial charge is 0.239 e. The molecule has 2 amide bonds. The van der Waals surface area contributed by atoms with Gasteiger partial charge in [0.15, 0.2) is 0 Å². The summed E-state index contributed by atoms with van der Waals surface area (Å²) in [6.07, 6.45) is 5.83. The van der Waals surface area contributed by atoms with Crippen molar-refractivity contribution in [2.45, 2.75) is 58.0 Å². The van der Waals surface area contributed by atoms with Crippen molar-refractivity contribution in [3.05, 3.63) is 28.2 Å². The molecular weight excluding hydrogens is 394 g/mol. The molecule has 0 unspecified atom stereocenters. The fourth-order valence-electron chi connectivity index (χ4n) is 3.45. The van der Waals surface area contributed by atoms with Gasteiger partial charge in [-0.1, -0.05) is 35.2 Å². The van der Waals surface area contributed by atoms with Crippen LogP contribution in [0, 0.1) is 6.92 Å². The van der Waals surface area contributed by atoms with Gasteiger partial charge in [-0.15, -0.1) is 0 Å². The minimum Gasteiger partial charge on any atom is -0.341 e. The molecule has 1 fully saturated rings. The van der Waals surface area contributed by atoms with E-state index < -0.39 is 0 Å². The third-order valence-corrected chi connectivity index (χ3v) is 5.84. The van der Waals surface area contributed by atoms with Gasteiger partial charge in [0.2, 0.25) is 11.8 Å². The molecule has 6 heteroatoms. The van der Waals surface area contributed by atoms with Crippen LogP contribution in [0.2, 0.25) is 0 Å². The Morgan fingerprint density at radius 3 is 2.50 bits per heavy atom. The van der Waals surface area contributed by atoms with E-state index in [1.807, 2.05) is 55.9 Å². The zero-order valence-corrected chi connectivity index (χ0v) is 17.8. The number of anilines is 1.